The molecule has 0 aromatic heterocycles. The molecule has 0 amide bonds. The number of anilines is 1. The fraction of sp³-hybridized carbons (Fsp3) is 0.167. The summed E-state index contributed by atoms with van der Waals surface area (Å²) in [6.45, 7) is 0. The van der Waals surface area contributed by atoms with Crippen molar-refractivity contribution in [3.8, 4) is 6.07 Å². The van der Waals surface area contributed by atoms with Gasteiger partial charge in [-0.3, -0.25) is 0 Å². The number of aliphatic hydroxyl groups excluding tert-OH is 1. The van der Waals surface area contributed by atoms with Gasteiger partial charge in [-0.15, -0.1) is 0 Å². The standard InChI is InChI=1S/C18H18N2O2/c1-22-17(21)12-13-18(14-19,15-8-4-2-5-9-15)20-16-10-6-3-7-11-16/h2-12,20-21H,13H2,1H3/b17-12+. The quantitative estimate of drug-likeness (QED) is 0.792. The number of rotatable bonds is 6. The van der Waals surface area contributed by atoms with Crippen LogP contribution in [0.15, 0.2) is 72.7 Å². The average molecular weight is 294 g/mol. The zero-order valence-corrected chi connectivity index (χ0v) is 12.4. The molecule has 0 aliphatic heterocycles. The van der Waals surface area contributed by atoms with Crippen molar-refractivity contribution in [1.82, 2.24) is 0 Å². The van der Waals surface area contributed by atoms with E-state index in [9.17, 15) is 10.4 Å². The zero-order chi connectivity index (χ0) is 15.8. The van der Waals surface area contributed by atoms with Crippen LogP contribution in [-0.4, -0.2) is 12.2 Å². The van der Waals surface area contributed by atoms with E-state index in [0.717, 1.165) is 11.3 Å². The summed E-state index contributed by atoms with van der Waals surface area (Å²) >= 11 is 0. The second kappa shape index (κ2) is 7.19. The third-order valence-electron chi connectivity index (χ3n) is 3.38. The van der Waals surface area contributed by atoms with Crippen LogP contribution in [-0.2, 0) is 10.3 Å². The number of nitriles is 1. The number of nitrogens with one attached hydrogen (secondary N) is 1. The first-order valence-corrected chi connectivity index (χ1v) is 6.93. The zero-order valence-electron chi connectivity index (χ0n) is 12.4. The summed E-state index contributed by atoms with van der Waals surface area (Å²) in [5.74, 6) is -0.203. The van der Waals surface area contributed by atoms with Crippen LogP contribution in [0, 0.1) is 11.3 Å². The van der Waals surface area contributed by atoms with E-state index in [-0.39, 0.29) is 12.4 Å². The number of hydrogen-bond donors (Lipinski definition) is 2. The Balaban J connectivity index is 2.41. The summed E-state index contributed by atoms with van der Waals surface area (Å²) in [5, 5.41) is 22.6. The van der Waals surface area contributed by atoms with Gasteiger partial charge in [-0.2, -0.15) is 5.26 Å². The Morgan fingerprint density at radius 1 is 1.18 bits per heavy atom. The molecule has 0 radical (unpaired) electrons. The Hall–Kier alpha value is -2.93. The van der Waals surface area contributed by atoms with Crippen LogP contribution in [0.5, 0.6) is 0 Å². The molecule has 22 heavy (non-hydrogen) atoms. The largest absolute Gasteiger partial charge is 0.481 e. The second-order valence-corrected chi connectivity index (χ2v) is 4.82. The topological polar surface area (TPSA) is 65.3 Å². The Bertz CT molecular complexity index is 662. The van der Waals surface area contributed by atoms with E-state index in [4.69, 9.17) is 4.74 Å². The van der Waals surface area contributed by atoms with Crippen LogP contribution < -0.4 is 5.32 Å². The monoisotopic (exact) mass is 294 g/mol. The van der Waals surface area contributed by atoms with Crippen molar-refractivity contribution in [2.45, 2.75) is 12.0 Å². The van der Waals surface area contributed by atoms with Crippen molar-refractivity contribution in [3.05, 3.63) is 78.2 Å². The van der Waals surface area contributed by atoms with Crippen LogP contribution in [0.1, 0.15) is 12.0 Å². The molecule has 0 aliphatic carbocycles. The van der Waals surface area contributed by atoms with Gasteiger partial charge in [-0.05, 0) is 23.8 Å². The van der Waals surface area contributed by atoms with Crippen molar-refractivity contribution in [1.29, 1.82) is 5.26 Å². The molecule has 0 saturated carbocycles. The fourth-order valence-electron chi connectivity index (χ4n) is 2.19. The summed E-state index contributed by atoms with van der Waals surface area (Å²) in [7, 11) is 1.38. The van der Waals surface area contributed by atoms with E-state index in [1.165, 1.54) is 13.2 Å². The average Bonchev–Trinajstić information content (AvgIpc) is 2.60. The maximum atomic E-state index is 9.81. The molecule has 2 N–H and O–H groups in total. The van der Waals surface area contributed by atoms with Crippen LogP contribution in [0.2, 0.25) is 0 Å². The summed E-state index contributed by atoms with van der Waals surface area (Å²) in [4.78, 5) is 0. The Morgan fingerprint density at radius 2 is 1.77 bits per heavy atom. The molecule has 2 aromatic carbocycles. The van der Waals surface area contributed by atoms with Crippen LogP contribution in [0.25, 0.3) is 0 Å². The highest BCUT2D eigenvalue weighted by atomic mass is 16.6. The molecule has 4 heteroatoms. The predicted molar refractivity (Wildman–Crippen MR) is 86.1 cm³/mol. The summed E-state index contributed by atoms with van der Waals surface area (Å²) in [5.41, 5.74) is 0.662. The first-order valence-electron chi connectivity index (χ1n) is 6.93. The molecular weight excluding hydrogens is 276 g/mol. The van der Waals surface area contributed by atoms with Gasteiger partial charge in [0, 0.05) is 12.1 Å². The molecule has 4 nitrogen and oxygen atoms in total. The smallest absolute Gasteiger partial charge is 0.272 e. The highest BCUT2D eigenvalue weighted by Gasteiger charge is 2.31. The van der Waals surface area contributed by atoms with Gasteiger partial charge in [0.15, 0.2) is 5.54 Å². The van der Waals surface area contributed by atoms with Gasteiger partial charge in [-0.25, -0.2) is 0 Å². The van der Waals surface area contributed by atoms with E-state index in [0.29, 0.717) is 0 Å². The van der Waals surface area contributed by atoms with E-state index in [2.05, 4.69) is 11.4 Å². The van der Waals surface area contributed by atoms with Crippen LogP contribution in [0.3, 0.4) is 0 Å². The molecule has 0 bridgehead atoms. The van der Waals surface area contributed by atoms with Crippen molar-refractivity contribution in [2.24, 2.45) is 0 Å². The number of ether oxygens (including phenoxy) is 1. The van der Waals surface area contributed by atoms with Gasteiger partial charge in [0.1, 0.15) is 0 Å². The Kier molecular flexibility index (Phi) is 5.05. The molecule has 0 saturated heterocycles. The molecule has 0 aliphatic rings. The highest BCUT2D eigenvalue weighted by molar-refractivity contribution is 5.51. The molecule has 112 valence electrons. The lowest BCUT2D eigenvalue weighted by Gasteiger charge is -2.28. The number of para-hydroxylation sites is 1. The highest BCUT2D eigenvalue weighted by Crippen LogP contribution is 2.30. The fourth-order valence-corrected chi connectivity index (χ4v) is 2.19. The van der Waals surface area contributed by atoms with Gasteiger partial charge in [0.05, 0.1) is 13.2 Å². The normalized spacial score (nSPS) is 13.7. The van der Waals surface area contributed by atoms with Gasteiger partial charge in [0.25, 0.3) is 5.95 Å². The first-order chi connectivity index (χ1) is 10.7. The SMILES string of the molecule is CO/C(O)=C/CC(C#N)(Nc1ccccc1)c1ccccc1. The molecule has 0 spiro atoms. The molecule has 2 rings (SSSR count). The third-order valence-corrected chi connectivity index (χ3v) is 3.38. The maximum absolute atomic E-state index is 9.81. The second-order valence-electron chi connectivity index (χ2n) is 4.82. The summed E-state index contributed by atoms with van der Waals surface area (Å²) < 4.78 is 4.76. The van der Waals surface area contributed by atoms with Crippen LogP contribution >= 0.6 is 0 Å². The summed E-state index contributed by atoms with van der Waals surface area (Å²) in [6, 6.07) is 21.3. The van der Waals surface area contributed by atoms with Crippen molar-refractivity contribution >= 4 is 5.69 Å². The number of aliphatic hydroxyl groups is 1. The van der Waals surface area contributed by atoms with Crippen molar-refractivity contribution < 1.29 is 9.84 Å². The predicted octanol–water partition coefficient (Wildman–Crippen LogP) is 3.95. The van der Waals surface area contributed by atoms with Gasteiger partial charge in [0.2, 0.25) is 0 Å². The van der Waals surface area contributed by atoms with E-state index < -0.39 is 5.54 Å². The van der Waals surface area contributed by atoms with E-state index in [1.807, 2.05) is 60.7 Å². The lowest BCUT2D eigenvalue weighted by molar-refractivity contribution is 0.134. The minimum atomic E-state index is -0.991. The van der Waals surface area contributed by atoms with Gasteiger partial charge in [-0.1, -0.05) is 48.5 Å². The lowest BCUT2D eigenvalue weighted by Crippen LogP contribution is -2.33. The summed E-state index contributed by atoms with van der Waals surface area (Å²) in [6.07, 6.45) is 1.76. The molecule has 1 atom stereocenters. The van der Waals surface area contributed by atoms with Crippen LogP contribution in [0.4, 0.5) is 5.69 Å². The van der Waals surface area contributed by atoms with Crippen molar-refractivity contribution in [2.75, 3.05) is 12.4 Å². The number of benzene rings is 2. The lowest BCUT2D eigenvalue weighted by atomic mass is 9.87. The van der Waals surface area contributed by atoms with E-state index in [1.54, 1.807) is 0 Å². The number of methoxy groups -OCH3 is 1. The Labute approximate surface area is 130 Å². The van der Waals surface area contributed by atoms with E-state index >= 15 is 0 Å². The molecule has 0 heterocycles. The third kappa shape index (κ3) is 3.58. The molecule has 2 aromatic rings. The molecule has 1 unspecified atom stereocenters. The first kappa shape index (κ1) is 15.5. The van der Waals surface area contributed by atoms with Gasteiger partial charge >= 0.3 is 0 Å². The van der Waals surface area contributed by atoms with Crippen molar-refractivity contribution in [3.63, 3.8) is 0 Å². The maximum Gasteiger partial charge on any atom is 0.272 e. The Morgan fingerprint density at radius 3 is 2.32 bits per heavy atom. The molecule has 0 fully saturated rings. The minimum absolute atomic E-state index is 0.203. The van der Waals surface area contributed by atoms with Gasteiger partial charge < -0.3 is 15.2 Å². The number of nitrogens with zero attached hydrogens (tertiary/aromatic N) is 1. The molecular formula is C18H18N2O2. The minimum Gasteiger partial charge on any atom is -0.481 e. The number of hydrogen-bond acceptors (Lipinski definition) is 4.